The van der Waals surface area contributed by atoms with E-state index in [1.54, 1.807) is 21.8 Å². The minimum atomic E-state index is -0.403. The Morgan fingerprint density at radius 3 is 2.79 bits per heavy atom. The van der Waals surface area contributed by atoms with Crippen LogP contribution in [0.15, 0.2) is 30.5 Å². The first kappa shape index (κ1) is 20.1. The van der Waals surface area contributed by atoms with Crippen LogP contribution < -0.4 is 9.64 Å². The Kier molecular flexibility index (Phi) is 5.77. The van der Waals surface area contributed by atoms with E-state index in [0.29, 0.717) is 43.3 Å². The predicted octanol–water partition coefficient (Wildman–Crippen LogP) is 3.19. The van der Waals surface area contributed by atoms with Crippen LogP contribution in [0.1, 0.15) is 0 Å². The van der Waals surface area contributed by atoms with Crippen LogP contribution in [0.3, 0.4) is 0 Å². The number of piperazine rings is 1. The predicted molar refractivity (Wildman–Crippen MR) is 117 cm³/mol. The van der Waals surface area contributed by atoms with Crippen LogP contribution in [0.25, 0.3) is 11.0 Å². The van der Waals surface area contributed by atoms with Crippen molar-refractivity contribution in [1.29, 1.82) is 0 Å². The third-order valence-corrected chi connectivity index (χ3v) is 6.03. The maximum absolute atomic E-state index is 14.4. The summed E-state index contributed by atoms with van der Waals surface area (Å²) in [5.41, 5.74) is 1.12. The number of halogens is 3. The van der Waals surface area contributed by atoms with E-state index in [1.165, 1.54) is 13.2 Å². The molecular formula is C19H18ClFIN5O2. The van der Waals surface area contributed by atoms with Gasteiger partial charge in [0, 0.05) is 38.4 Å². The molecule has 0 atom stereocenters. The molecule has 1 aromatic carbocycles. The maximum atomic E-state index is 14.4. The van der Waals surface area contributed by atoms with Crippen LogP contribution >= 0.6 is 34.2 Å². The highest BCUT2D eigenvalue weighted by atomic mass is 127. The van der Waals surface area contributed by atoms with Crippen molar-refractivity contribution in [3.05, 3.63) is 45.0 Å². The van der Waals surface area contributed by atoms with Crippen LogP contribution in [0, 0.1) is 9.52 Å². The molecule has 0 unspecified atom stereocenters. The van der Waals surface area contributed by atoms with Gasteiger partial charge in [-0.25, -0.2) is 14.1 Å². The number of nitrogens with zero attached hydrogens (tertiary/aromatic N) is 5. The summed E-state index contributed by atoms with van der Waals surface area (Å²) in [6.07, 6.45) is 1.69. The highest BCUT2D eigenvalue weighted by Crippen LogP contribution is 2.32. The SMILES string of the molecule is COc1cc(N2CCN(C(=O)Cn3nc(I)c4cccnc43)CC2)c(F)cc1Cl. The molecule has 152 valence electrons. The van der Waals surface area contributed by atoms with Crippen molar-refractivity contribution in [3.8, 4) is 5.75 Å². The summed E-state index contributed by atoms with van der Waals surface area (Å²) >= 11 is 8.12. The van der Waals surface area contributed by atoms with Crippen molar-refractivity contribution in [2.75, 3.05) is 38.2 Å². The van der Waals surface area contributed by atoms with Gasteiger partial charge in [0.25, 0.3) is 0 Å². The number of carbonyl (C=O) groups is 1. The molecule has 1 aliphatic heterocycles. The number of fused-ring (bicyclic) bond motifs is 1. The molecule has 1 amide bonds. The first-order chi connectivity index (χ1) is 14.0. The van der Waals surface area contributed by atoms with Gasteiger partial charge in [0.05, 0.1) is 23.2 Å². The van der Waals surface area contributed by atoms with Crippen molar-refractivity contribution in [2.45, 2.75) is 6.54 Å². The Morgan fingerprint density at radius 1 is 1.31 bits per heavy atom. The molecule has 1 fully saturated rings. The van der Waals surface area contributed by atoms with E-state index >= 15 is 0 Å². The summed E-state index contributed by atoms with van der Waals surface area (Å²) in [5, 5.41) is 5.60. The number of benzene rings is 1. The van der Waals surface area contributed by atoms with Crippen LogP contribution in [0.5, 0.6) is 5.75 Å². The monoisotopic (exact) mass is 529 g/mol. The number of rotatable bonds is 4. The van der Waals surface area contributed by atoms with E-state index in [9.17, 15) is 9.18 Å². The molecule has 29 heavy (non-hydrogen) atoms. The average molecular weight is 530 g/mol. The summed E-state index contributed by atoms with van der Waals surface area (Å²) in [6, 6.07) is 6.64. The molecule has 3 aromatic rings. The highest BCUT2D eigenvalue weighted by Gasteiger charge is 2.25. The Hall–Kier alpha value is -2.14. The summed E-state index contributed by atoms with van der Waals surface area (Å²) in [7, 11) is 1.49. The summed E-state index contributed by atoms with van der Waals surface area (Å²) in [6.45, 7) is 2.14. The normalized spacial score (nSPS) is 14.5. The number of hydrogen-bond acceptors (Lipinski definition) is 5. The second kappa shape index (κ2) is 8.31. The first-order valence-electron chi connectivity index (χ1n) is 9.00. The number of ether oxygens (including phenoxy) is 1. The van der Waals surface area contributed by atoms with Gasteiger partial charge in [0.15, 0.2) is 5.65 Å². The fraction of sp³-hybridized carbons (Fsp3) is 0.316. The molecule has 0 N–H and O–H groups in total. The van der Waals surface area contributed by atoms with Gasteiger partial charge in [-0.05, 0) is 40.8 Å². The van der Waals surface area contributed by atoms with Gasteiger partial charge in [0.2, 0.25) is 5.91 Å². The van der Waals surface area contributed by atoms with Crippen molar-refractivity contribution in [2.24, 2.45) is 0 Å². The van der Waals surface area contributed by atoms with Crippen molar-refractivity contribution in [1.82, 2.24) is 19.7 Å². The van der Waals surface area contributed by atoms with Crippen LogP contribution in [-0.2, 0) is 11.3 Å². The molecule has 0 bridgehead atoms. The van der Waals surface area contributed by atoms with E-state index in [0.717, 1.165) is 9.09 Å². The largest absolute Gasteiger partial charge is 0.495 e. The van der Waals surface area contributed by atoms with Crippen LogP contribution in [0.2, 0.25) is 5.02 Å². The lowest BCUT2D eigenvalue weighted by Gasteiger charge is -2.36. The molecule has 1 saturated heterocycles. The minimum absolute atomic E-state index is 0.0368. The summed E-state index contributed by atoms with van der Waals surface area (Å²) in [5.74, 6) is -0.0151. The fourth-order valence-corrected chi connectivity index (χ4v) is 4.33. The molecule has 3 heterocycles. The van der Waals surface area contributed by atoms with Gasteiger partial charge in [-0.15, -0.1) is 0 Å². The molecule has 0 spiro atoms. The van der Waals surface area contributed by atoms with E-state index < -0.39 is 5.82 Å². The van der Waals surface area contributed by atoms with Crippen LogP contribution in [-0.4, -0.2) is 58.9 Å². The van der Waals surface area contributed by atoms with Crippen molar-refractivity contribution >= 4 is 56.8 Å². The number of aromatic nitrogens is 3. The lowest BCUT2D eigenvalue weighted by Crippen LogP contribution is -2.50. The fourth-order valence-electron chi connectivity index (χ4n) is 3.42. The van der Waals surface area contributed by atoms with Crippen LogP contribution in [0.4, 0.5) is 10.1 Å². The second-order valence-corrected chi connectivity index (χ2v) is 8.06. The zero-order chi connectivity index (χ0) is 20.5. The van der Waals surface area contributed by atoms with Gasteiger partial charge >= 0.3 is 0 Å². The van der Waals surface area contributed by atoms with E-state index in [2.05, 4.69) is 32.7 Å². The molecule has 1 aliphatic rings. The van der Waals surface area contributed by atoms with E-state index in [4.69, 9.17) is 16.3 Å². The van der Waals surface area contributed by atoms with Gasteiger partial charge in [0.1, 0.15) is 21.8 Å². The zero-order valence-electron chi connectivity index (χ0n) is 15.6. The second-order valence-electron chi connectivity index (χ2n) is 6.63. The van der Waals surface area contributed by atoms with E-state index in [1.807, 2.05) is 17.0 Å². The minimum Gasteiger partial charge on any atom is -0.495 e. The number of pyridine rings is 1. The van der Waals surface area contributed by atoms with Crippen molar-refractivity contribution < 1.29 is 13.9 Å². The van der Waals surface area contributed by atoms with E-state index in [-0.39, 0.29) is 17.5 Å². The number of carbonyl (C=O) groups excluding carboxylic acids is 1. The molecule has 0 radical (unpaired) electrons. The molecule has 0 aliphatic carbocycles. The highest BCUT2D eigenvalue weighted by molar-refractivity contribution is 14.1. The van der Waals surface area contributed by atoms with Gasteiger partial charge in [-0.3, -0.25) is 4.79 Å². The quantitative estimate of drug-likeness (QED) is 0.486. The van der Waals surface area contributed by atoms with Crippen molar-refractivity contribution in [3.63, 3.8) is 0 Å². The third-order valence-electron chi connectivity index (χ3n) is 4.94. The smallest absolute Gasteiger partial charge is 0.244 e. The third kappa shape index (κ3) is 3.97. The molecule has 4 rings (SSSR count). The number of hydrogen-bond donors (Lipinski definition) is 0. The lowest BCUT2D eigenvalue weighted by molar-refractivity contribution is -0.132. The molecular weight excluding hydrogens is 512 g/mol. The topological polar surface area (TPSA) is 63.5 Å². The maximum Gasteiger partial charge on any atom is 0.244 e. The van der Waals surface area contributed by atoms with Gasteiger partial charge in [-0.2, -0.15) is 5.10 Å². The first-order valence-corrected chi connectivity index (χ1v) is 10.5. The Bertz CT molecular complexity index is 1070. The molecule has 0 saturated carbocycles. The zero-order valence-corrected chi connectivity index (χ0v) is 18.5. The molecule has 2 aromatic heterocycles. The van der Waals surface area contributed by atoms with Gasteiger partial charge < -0.3 is 14.5 Å². The summed E-state index contributed by atoms with van der Waals surface area (Å²) in [4.78, 5) is 20.8. The lowest BCUT2D eigenvalue weighted by atomic mass is 10.2. The Labute approximate surface area is 185 Å². The standard InChI is InChI=1S/C19H18ClFIN5O2/c1-29-16-10-15(14(21)9-13(16)20)25-5-7-26(8-6-25)17(28)11-27-19-12(18(22)24-27)3-2-4-23-19/h2-4,9-10H,5-8,11H2,1H3. The Morgan fingerprint density at radius 2 is 2.07 bits per heavy atom. The number of anilines is 1. The number of amides is 1. The average Bonchev–Trinajstić information content (AvgIpc) is 3.04. The molecule has 7 nitrogen and oxygen atoms in total. The number of methoxy groups -OCH3 is 1. The van der Waals surface area contributed by atoms with Gasteiger partial charge in [-0.1, -0.05) is 11.6 Å². The summed E-state index contributed by atoms with van der Waals surface area (Å²) < 4.78 is 22.0. The molecule has 10 heteroatoms. The Balaban J connectivity index is 1.44.